The van der Waals surface area contributed by atoms with Gasteiger partial charge in [0, 0.05) is 81.2 Å². The van der Waals surface area contributed by atoms with Gasteiger partial charge in [-0.3, -0.25) is 19.9 Å². The predicted molar refractivity (Wildman–Crippen MR) is 498 cm³/mol. The van der Waals surface area contributed by atoms with Crippen molar-refractivity contribution in [1.82, 2.24) is 50.1 Å². The van der Waals surface area contributed by atoms with Gasteiger partial charge in [0.05, 0.1) is 22.8 Å². The number of hydrogen-bond donors (Lipinski definition) is 0. The monoisotopic (exact) mass is 1510 g/mol. The predicted octanol–water partition coefficient (Wildman–Crippen LogP) is 32.6. The van der Waals surface area contributed by atoms with Gasteiger partial charge in [0.15, 0.2) is 0 Å². The number of aromatic nitrogens is 10. The molecule has 0 bridgehead atoms. The van der Waals surface area contributed by atoms with Crippen LogP contribution in [0.25, 0.3) is 0 Å². The maximum absolute atomic E-state index is 4.40. The van der Waals surface area contributed by atoms with Crippen molar-refractivity contribution in [3.8, 4) is 0 Å². The van der Waals surface area contributed by atoms with Crippen LogP contribution in [-0.2, 0) is 0 Å². The first-order valence-corrected chi connectivity index (χ1v) is 43.0. The summed E-state index contributed by atoms with van der Waals surface area (Å²) in [5.74, 6) is 10.8. The maximum Gasteiger partial charge on any atom is 0.130 e. The highest BCUT2D eigenvalue weighted by molar-refractivity contribution is 5.75. The molecule has 6 heterocycles. The Balaban J connectivity index is -0.000000109. The van der Waals surface area contributed by atoms with Crippen molar-refractivity contribution in [2.75, 3.05) is 0 Å². The fourth-order valence-corrected chi connectivity index (χ4v) is 7.27. The molecule has 10 nitrogen and oxygen atoms in total. The first-order chi connectivity index (χ1) is 50.7. The van der Waals surface area contributed by atoms with E-state index in [1.165, 1.54) is 44.8 Å². The molecule has 7 aromatic rings. The number of rotatable bonds is 14. The second kappa shape index (κ2) is 82.9. The highest BCUT2D eigenvalue weighted by Crippen LogP contribution is 2.22. The fourth-order valence-electron chi connectivity index (χ4n) is 7.27. The van der Waals surface area contributed by atoms with Gasteiger partial charge < -0.3 is 0 Å². The van der Waals surface area contributed by atoms with Crippen LogP contribution in [0.3, 0.4) is 0 Å². The minimum Gasteiger partial charge on any atom is -0.261 e. The molecular weight excluding hydrogens is 1330 g/mol. The third kappa shape index (κ3) is 70.7. The van der Waals surface area contributed by atoms with Crippen LogP contribution in [-0.4, -0.2) is 58.5 Å². The van der Waals surface area contributed by atoms with Crippen LogP contribution in [0.5, 0.6) is 0 Å². The Morgan fingerprint density at radius 3 is 0.440 bits per heavy atom. The SMILES string of the molecule is CC.CC.CC.CC.CC.CC.CC.CC.CC(C)C.CC(C)C.CC(C)c1ccc(C(C)C)cc1.CC(C)c1ccc(C(C)C)nc1.CC(C)c1ccc(C(C)C)nc1.CC(C)c1ccc(C(C)C)nn1.CC(C)c1cnc(C(C)C)cn1.CC(C)c1cnc(C(C)C)nc1.CC(C)c1cnc(C(C)C)nc1.[B]. The van der Waals surface area contributed by atoms with Crippen LogP contribution in [0.2, 0.25) is 0 Å². The average Bonchev–Trinajstić information content (AvgIpc) is 0.945. The van der Waals surface area contributed by atoms with Crippen LogP contribution < -0.4 is 0 Å². The third-order valence-corrected chi connectivity index (χ3v) is 13.9. The lowest BCUT2D eigenvalue weighted by atomic mass is 9.97. The number of hydrogen-bond acceptors (Lipinski definition) is 10. The van der Waals surface area contributed by atoms with Crippen LogP contribution in [0.4, 0.5) is 0 Å². The molecule has 0 saturated heterocycles. The van der Waals surface area contributed by atoms with Crippen LogP contribution in [0, 0.1) is 11.8 Å². The maximum atomic E-state index is 4.40. The Morgan fingerprint density at radius 1 is 0.156 bits per heavy atom. The van der Waals surface area contributed by atoms with Crippen molar-refractivity contribution in [3.05, 3.63) is 189 Å². The molecule has 0 spiro atoms. The van der Waals surface area contributed by atoms with Crippen LogP contribution >= 0.6 is 0 Å². The van der Waals surface area contributed by atoms with Crippen molar-refractivity contribution >= 4 is 8.41 Å². The minimum absolute atomic E-state index is 0. The Hall–Kier alpha value is -6.10. The normalized spacial score (nSPS) is 9.71. The summed E-state index contributed by atoms with van der Waals surface area (Å²) in [4.78, 5) is 34.6. The molecule has 0 aliphatic heterocycles. The van der Waals surface area contributed by atoms with Crippen LogP contribution in [0.15, 0.2) is 110 Å². The Kier molecular flexibility index (Phi) is 96.2. The molecule has 6 aromatic heterocycles. The zero-order valence-corrected chi connectivity index (χ0v) is 81.7. The molecule has 0 amide bonds. The number of pyridine rings is 2. The molecule has 0 aliphatic carbocycles. The summed E-state index contributed by atoms with van der Waals surface area (Å²) in [6.45, 7) is 105. The lowest BCUT2D eigenvalue weighted by Gasteiger charge is -2.08. The summed E-state index contributed by atoms with van der Waals surface area (Å²) >= 11 is 0. The zero-order valence-electron chi connectivity index (χ0n) is 81.7. The Labute approximate surface area is 684 Å². The van der Waals surface area contributed by atoms with E-state index < -0.39 is 0 Å². The van der Waals surface area contributed by atoms with E-state index in [1.54, 1.807) is 0 Å². The number of nitrogens with zero attached hydrogens (tertiary/aromatic N) is 10. The van der Waals surface area contributed by atoms with Gasteiger partial charge in [-0.1, -0.05) is 383 Å². The second-order valence-electron chi connectivity index (χ2n) is 29.8. The molecule has 0 unspecified atom stereocenters. The molecule has 3 radical (unpaired) electrons. The molecular formula is C98H184BN10. The van der Waals surface area contributed by atoms with E-state index in [1.807, 2.05) is 160 Å². The molecule has 629 valence electrons. The molecule has 0 fully saturated rings. The van der Waals surface area contributed by atoms with Gasteiger partial charge in [0.25, 0.3) is 0 Å². The highest BCUT2D eigenvalue weighted by atomic mass is 15.1. The second-order valence-corrected chi connectivity index (χ2v) is 29.8. The third-order valence-electron chi connectivity index (χ3n) is 13.9. The fraction of sp³-hybridized carbons (Fsp3) is 0.673. The smallest absolute Gasteiger partial charge is 0.130 e. The van der Waals surface area contributed by atoms with Crippen molar-refractivity contribution in [2.45, 2.75) is 429 Å². The molecule has 0 N–H and O–H groups in total. The van der Waals surface area contributed by atoms with Crippen molar-refractivity contribution < 1.29 is 0 Å². The summed E-state index contributed by atoms with van der Waals surface area (Å²) in [5, 5.41) is 8.30. The molecule has 109 heavy (non-hydrogen) atoms. The van der Waals surface area contributed by atoms with E-state index in [2.05, 4.69) is 346 Å². The Morgan fingerprint density at radius 2 is 0.312 bits per heavy atom. The van der Waals surface area contributed by atoms with Gasteiger partial charge in [-0.2, -0.15) is 10.2 Å². The number of benzene rings is 1. The molecule has 0 aliphatic rings. The van der Waals surface area contributed by atoms with Gasteiger partial charge in [-0.05, 0) is 140 Å². The quantitative estimate of drug-likeness (QED) is 0.0971. The van der Waals surface area contributed by atoms with E-state index in [4.69, 9.17) is 0 Å². The Bertz CT molecular complexity index is 2110. The summed E-state index contributed by atoms with van der Waals surface area (Å²) in [7, 11) is 0. The topological polar surface area (TPSA) is 129 Å². The average molecular weight is 1510 g/mol. The van der Waals surface area contributed by atoms with Gasteiger partial charge in [0.1, 0.15) is 11.6 Å². The summed E-state index contributed by atoms with van der Waals surface area (Å²) < 4.78 is 0. The minimum atomic E-state index is 0. The molecule has 0 saturated carbocycles. The van der Waals surface area contributed by atoms with E-state index in [-0.39, 0.29) is 8.41 Å². The van der Waals surface area contributed by atoms with Crippen molar-refractivity contribution in [3.63, 3.8) is 0 Å². The molecule has 1 aromatic carbocycles. The van der Waals surface area contributed by atoms with E-state index >= 15 is 0 Å². The van der Waals surface area contributed by atoms with E-state index in [9.17, 15) is 0 Å². The standard InChI is InChI=1S/C12H18.2C11H17N.4C10H16N2.2C4H10.8C2H6.B/c1-9(2)11-5-7-12(8-6-11)10(3)4;2*1-8(2)10-5-6-11(9(3)4)12-7-10;1-7(2)9-5-12-10(6-11-9)8(3)4;2*1-7(2)9-5-11-10(8(3)4)12-6-9;1-7(2)9-5-6-10(8(3)4)12-11-9;2*1-4(2)3;8*1-2;/h5-10H,1-4H3;2*5-9H,1-4H3;4*5-8H,1-4H3;2*4H,1-3H3;8*1-2H3;. The highest BCUT2D eigenvalue weighted by Gasteiger charge is 2.09. The lowest BCUT2D eigenvalue weighted by Crippen LogP contribution is -1.99. The first-order valence-electron chi connectivity index (χ1n) is 43.0. The largest absolute Gasteiger partial charge is 0.261 e. The lowest BCUT2D eigenvalue weighted by molar-refractivity contribution is 0.733. The first kappa shape index (κ1) is 127. The van der Waals surface area contributed by atoms with Gasteiger partial charge >= 0.3 is 0 Å². The summed E-state index contributed by atoms with van der Waals surface area (Å²) in [5.41, 5.74) is 14.5. The molecule has 11 heteroatoms. The molecule has 0 atom stereocenters. The summed E-state index contributed by atoms with van der Waals surface area (Å²) in [6.07, 6.45) is 15.4. The van der Waals surface area contributed by atoms with Crippen molar-refractivity contribution in [1.29, 1.82) is 0 Å². The van der Waals surface area contributed by atoms with E-state index in [0.717, 1.165) is 46.3 Å². The zero-order chi connectivity index (χ0) is 87.1. The van der Waals surface area contributed by atoms with Gasteiger partial charge in [-0.15, -0.1) is 0 Å². The van der Waals surface area contributed by atoms with E-state index in [0.29, 0.717) is 82.9 Å². The van der Waals surface area contributed by atoms with Crippen LogP contribution in [0.1, 0.15) is 508 Å². The van der Waals surface area contributed by atoms with Crippen molar-refractivity contribution in [2.24, 2.45) is 11.8 Å². The summed E-state index contributed by atoms with van der Waals surface area (Å²) in [6, 6.07) is 21.7. The molecule has 7 rings (SSSR count). The van der Waals surface area contributed by atoms with Gasteiger partial charge in [-0.25, -0.2) is 19.9 Å². The van der Waals surface area contributed by atoms with Gasteiger partial charge in [0.2, 0.25) is 0 Å².